The number of carboxylic acids is 1. The number of rotatable bonds is 6. The fourth-order valence-corrected chi connectivity index (χ4v) is 1.76. The van der Waals surface area contributed by atoms with Crippen LogP contribution in [0.15, 0.2) is 24.3 Å². The van der Waals surface area contributed by atoms with Crippen LogP contribution in [-0.2, 0) is 9.59 Å². The third-order valence-corrected chi connectivity index (χ3v) is 2.77. The third kappa shape index (κ3) is 5.87. The van der Waals surface area contributed by atoms with Crippen LogP contribution in [0.1, 0.15) is 26.3 Å². The average molecular weight is 312 g/mol. The highest BCUT2D eigenvalue weighted by Gasteiger charge is 2.16. The first kappa shape index (κ1) is 17.0. The highest BCUT2D eigenvalue weighted by atomic mass is 35.5. The Morgan fingerprint density at radius 3 is 2.52 bits per heavy atom. The maximum atomic E-state index is 11.8. The van der Waals surface area contributed by atoms with Gasteiger partial charge < -0.3 is 15.2 Å². The highest BCUT2D eigenvalue weighted by molar-refractivity contribution is 6.32. The molecule has 1 aromatic carbocycles. The number of carbonyl (C=O) groups excluding carboxylic acids is 1. The third-order valence-electron chi connectivity index (χ3n) is 2.48. The molecule has 0 saturated heterocycles. The predicted molar refractivity (Wildman–Crippen MR) is 81.5 cm³/mol. The molecule has 6 heteroatoms. The molecule has 21 heavy (non-hydrogen) atoms. The molecular formula is C15H18ClNO4. The van der Waals surface area contributed by atoms with Crippen LogP contribution in [0.3, 0.4) is 0 Å². The van der Waals surface area contributed by atoms with Gasteiger partial charge in [-0.1, -0.05) is 17.7 Å². The molecule has 0 fully saturated rings. The Morgan fingerprint density at radius 1 is 1.33 bits per heavy atom. The molecule has 1 atom stereocenters. The van der Waals surface area contributed by atoms with Crippen molar-refractivity contribution in [3.8, 4) is 5.75 Å². The molecule has 0 aliphatic heterocycles. The number of aliphatic carboxylic acids is 1. The number of carbonyl (C=O) groups is 2. The minimum absolute atomic E-state index is 0.0301. The van der Waals surface area contributed by atoms with Crippen molar-refractivity contribution in [3.63, 3.8) is 0 Å². The summed E-state index contributed by atoms with van der Waals surface area (Å²) in [6, 6.07) is 4.86. The van der Waals surface area contributed by atoms with Crippen LogP contribution in [0, 0.1) is 0 Å². The second-order valence-corrected chi connectivity index (χ2v) is 5.19. The minimum atomic E-state index is -1.04. The normalized spacial score (nSPS) is 12.4. The van der Waals surface area contributed by atoms with E-state index >= 15 is 0 Å². The summed E-state index contributed by atoms with van der Waals surface area (Å²) >= 11 is 6.06. The first-order valence-corrected chi connectivity index (χ1v) is 6.85. The molecule has 0 aliphatic carbocycles. The Balaban J connectivity index is 2.76. The van der Waals surface area contributed by atoms with Gasteiger partial charge in [0.1, 0.15) is 5.75 Å². The predicted octanol–water partition coefficient (Wildman–Crippen LogP) is 2.73. The van der Waals surface area contributed by atoms with Crippen molar-refractivity contribution < 1.29 is 19.4 Å². The van der Waals surface area contributed by atoms with Crippen molar-refractivity contribution in [2.75, 3.05) is 0 Å². The fraction of sp³-hybridized carbons (Fsp3) is 0.333. The van der Waals surface area contributed by atoms with E-state index in [-0.39, 0.29) is 11.9 Å². The van der Waals surface area contributed by atoms with Gasteiger partial charge in [-0.2, -0.15) is 0 Å². The Kier molecular flexibility index (Phi) is 6.24. The van der Waals surface area contributed by atoms with Crippen molar-refractivity contribution in [3.05, 3.63) is 34.9 Å². The molecule has 0 aromatic heterocycles. The van der Waals surface area contributed by atoms with Gasteiger partial charge in [-0.05, 0) is 44.5 Å². The Bertz CT molecular complexity index is 555. The lowest BCUT2D eigenvalue weighted by atomic mass is 10.2. The standard InChI is InChI=1S/C15H18ClNO4/c1-9(2)17-15(20)10(3)21-13-6-4-11(8-12(13)16)5-7-14(18)19/h4-10H,1-3H3,(H,17,20)(H,18,19). The largest absolute Gasteiger partial charge is 0.479 e. The number of halogens is 1. The summed E-state index contributed by atoms with van der Waals surface area (Å²) in [4.78, 5) is 22.2. The lowest BCUT2D eigenvalue weighted by molar-refractivity contribution is -0.131. The second kappa shape index (κ2) is 7.69. The topological polar surface area (TPSA) is 75.6 Å². The molecule has 1 amide bonds. The quantitative estimate of drug-likeness (QED) is 0.792. The molecular weight excluding hydrogens is 294 g/mol. The Morgan fingerprint density at radius 2 is 2.00 bits per heavy atom. The van der Waals surface area contributed by atoms with Crippen LogP contribution >= 0.6 is 11.6 Å². The Hall–Kier alpha value is -2.01. The molecule has 1 rings (SSSR count). The number of nitrogens with one attached hydrogen (secondary N) is 1. The van der Waals surface area contributed by atoms with E-state index in [0.717, 1.165) is 6.08 Å². The summed E-state index contributed by atoms with van der Waals surface area (Å²) in [6.45, 7) is 5.36. The SMILES string of the molecule is CC(C)NC(=O)C(C)Oc1ccc(C=CC(=O)O)cc1Cl. The van der Waals surface area contributed by atoms with Gasteiger partial charge >= 0.3 is 5.97 Å². The smallest absolute Gasteiger partial charge is 0.328 e. The van der Waals surface area contributed by atoms with Crippen LogP contribution in [0.5, 0.6) is 5.75 Å². The summed E-state index contributed by atoms with van der Waals surface area (Å²) < 4.78 is 5.50. The number of carboxylic acid groups (broad SMARTS) is 1. The number of benzene rings is 1. The summed E-state index contributed by atoms with van der Waals surface area (Å²) in [7, 11) is 0. The molecule has 0 bridgehead atoms. The molecule has 0 saturated carbocycles. The summed E-state index contributed by atoms with van der Waals surface area (Å²) in [6.07, 6.45) is 1.77. The molecule has 0 spiro atoms. The van der Waals surface area contributed by atoms with Gasteiger partial charge in [0.2, 0.25) is 0 Å². The van der Waals surface area contributed by atoms with Gasteiger partial charge in [-0.15, -0.1) is 0 Å². The van der Waals surface area contributed by atoms with E-state index in [2.05, 4.69) is 5.32 Å². The molecule has 5 nitrogen and oxygen atoms in total. The van der Waals surface area contributed by atoms with E-state index in [9.17, 15) is 9.59 Å². The van der Waals surface area contributed by atoms with E-state index in [1.807, 2.05) is 13.8 Å². The monoisotopic (exact) mass is 311 g/mol. The lowest BCUT2D eigenvalue weighted by Gasteiger charge is -2.17. The van der Waals surface area contributed by atoms with Gasteiger partial charge in [0.15, 0.2) is 6.10 Å². The number of hydrogen-bond acceptors (Lipinski definition) is 3. The average Bonchev–Trinajstić information content (AvgIpc) is 2.38. The number of hydrogen-bond donors (Lipinski definition) is 2. The van der Waals surface area contributed by atoms with E-state index in [4.69, 9.17) is 21.4 Å². The number of ether oxygens (including phenoxy) is 1. The highest BCUT2D eigenvalue weighted by Crippen LogP contribution is 2.27. The van der Waals surface area contributed by atoms with E-state index in [1.165, 1.54) is 6.08 Å². The molecule has 0 heterocycles. The molecule has 0 radical (unpaired) electrons. The first-order valence-electron chi connectivity index (χ1n) is 6.47. The fourth-order valence-electron chi connectivity index (χ4n) is 1.53. The van der Waals surface area contributed by atoms with Crippen molar-refractivity contribution in [2.24, 2.45) is 0 Å². The lowest BCUT2D eigenvalue weighted by Crippen LogP contribution is -2.40. The maximum absolute atomic E-state index is 11.8. The van der Waals surface area contributed by atoms with Gasteiger partial charge in [0.05, 0.1) is 5.02 Å². The van der Waals surface area contributed by atoms with Crippen LogP contribution in [0.4, 0.5) is 0 Å². The molecule has 0 aliphatic rings. The Labute approximate surface area is 128 Å². The van der Waals surface area contributed by atoms with Gasteiger partial charge in [0.25, 0.3) is 5.91 Å². The van der Waals surface area contributed by atoms with Gasteiger partial charge in [-0.3, -0.25) is 4.79 Å². The van der Waals surface area contributed by atoms with E-state index in [0.29, 0.717) is 16.3 Å². The van der Waals surface area contributed by atoms with Crippen molar-refractivity contribution in [1.29, 1.82) is 0 Å². The van der Waals surface area contributed by atoms with Crippen LogP contribution in [-0.4, -0.2) is 29.1 Å². The van der Waals surface area contributed by atoms with Crippen LogP contribution in [0.2, 0.25) is 5.02 Å². The molecule has 2 N–H and O–H groups in total. The summed E-state index contributed by atoms with van der Waals surface area (Å²) in [5, 5.41) is 11.6. The molecule has 114 valence electrons. The van der Waals surface area contributed by atoms with Crippen LogP contribution < -0.4 is 10.1 Å². The summed E-state index contributed by atoms with van der Waals surface area (Å²) in [5.41, 5.74) is 0.633. The zero-order valence-electron chi connectivity index (χ0n) is 12.1. The van der Waals surface area contributed by atoms with Gasteiger partial charge in [-0.25, -0.2) is 4.79 Å². The second-order valence-electron chi connectivity index (χ2n) is 4.78. The zero-order valence-corrected chi connectivity index (χ0v) is 12.8. The molecule has 1 unspecified atom stereocenters. The first-order chi connectivity index (χ1) is 9.79. The van der Waals surface area contributed by atoms with E-state index in [1.54, 1.807) is 25.1 Å². The van der Waals surface area contributed by atoms with Gasteiger partial charge in [0, 0.05) is 12.1 Å². The summed E-state index contributed by atoms with van der Waals surface area (Å²) in [5.74, 6) is -0.892. The maximum Gasteiger partial charge on any atom is 0.328 e. The number of amides is 1. The van der Waals surface area contributed by atoms with Crippen molar-refractivity contribution in [1.82, 2.24) is 5.32 Å². The minimum Gasteiger partial charge on any atom is -0.479 e. The van der Waals surface area contributed by atoms with E-state index < -0.39 is 12.1 Å². The molecule has 1 aromatic rings. The van der Waals surface area contributed by atoms with Crippen LogP contribution in [0.25, 0.3) is 6.08 Å². The van der Waals surface area contributed by atoms with Crippen molar-refractivity contribution >= 4 is 29.6 Å². The zero-order chi connectivity index (χ0) is 16.0. The van der Waals surface area contributed by atoms with Crippen molar-refractivity contribution in [2.45, 2.75) is 32.9 Å².